The van der Waals surface area contributed by atoms with Gasteiger partial charge in [0.2, 0.25) is 5.91 Å². The molecule has 0 aliphatic carbocycles. The van der Waals surface area contributed by atoms with Crippen molar-refractivity contribution in [2.45, 2.75) is 18.7 Å². The number of nitrogens with zero attached hydrogens (tertiary/aromatic N) is 1. The summed E-state index contributed by atoms with van der Waals surface area (Å²) < 4.78 is 6.28. The van der Waals surface area contributed by atoms with Crippen LogP contribution in [0.5, 0.6) is 5.75 Å². The van der Waals surface area contributed by atoms with Crippen molar-refractivity contribution in [2.75, 3.05) is 12.4 Å². The van der Waals surface area contributed by atoms with E-state index in [2.05, 4.69) is 10.6 Å². The molecule has 0 radical (unpaired) electrons. The van der Waals surface area contributed by atoms with Gasteiger partial charge in [-0.2, -0.15) is 0 Å². The van der Waals surface area contributed by atoms with Gasteiger partial charge in [-0.25, -0.2) is 0 Å². The van der Waals surface area contributed by atoms with E-state index in [1.807, 2.05) is 73.5 Å². The molecule has 5 nitrogen and oxygen atoms in total. The molecule has 0 saturated carbocycles. The number of thiocarbonyl (C=S) groups is 1. The molecule has 2 aliphatic rings. The van der Waals surface area contributed by atoms with E-state index in [4.69, 9.17) is 17.0 Å². The first-order chi connectivity index (χ1) is 12.0. The molecule has 3 atom stereocenters. The zero-order chi connectivity index (χ0) is 17.6. The summed E-state index contributed by atoms with van der Waals surface area (Å²) in [6, 6.07) is 17.0. The normalized spacial score (nSPS) is 27.0. The van der Waals surface area contributed by atoms with Crippen molar-refractivity contribution in [1.29, 1.82) is 0 Å². The topological polar surface area (TPSA) is 53.6 Å². The summed E-state index contributed by atoms with van der Waals surface area (Å²) >= 11 is 5.46. The van der Waals surface area contributed by atoms with Gasteiger partial charge < -0.3 is 20.3 Å². The highest BCUT2D eigenvalue weighted by molar-refractivity contribution is 7.80. The Morgan fingerprint density at radius 3 is 2.64 bits per heavy atom. The monoisotopic (exact) mass is 353 g/mol. The molecule has 0 unspecified atom stereocenters. The number of carbonyl (C=O) groups is 1. The number of anilines is 1. The molecule has 2 aromatic carbocycles. The van der Waals surface area contributed by atoms with Gasteiger partial charge in [0.25, 0.3) is 0 Å². The number of fused-ring (bicyclic) bond motifs is 4. The minimum Gasteiger partial charge on any atom is -0.467 e. The summed E-state index contributed by atoms with van der Waals surface area (Å²) in [4.78, 5) is 15.0. The fourth-order valence-corrected chi connectivity index (χ4v) is 3.92. The Hall–Kier alpha value is -2.60. The maximum absolute atomic E-state index is 13.1. The number of rotatable bonds is 2. The van der Waals surface area contributed by atoms with Crippen LogP contribution < -0.4 is 15.4 Å². The molecule has 2 aromatic rings. The largest absolute Gasteiger partial charge is 0.467 e. The molecule has 2 N–H and O–H groups in total. The van der Waals surface area contributed by atoms with E-state index < -0.39 is 11.6 Å². The minimum atomic E-state index is -0.861. The summed E-state index contributed by atoms with van der Waals surface area (Å²) in [6.45, 7) is 1.92. The number of amides is 1. The molecule has 2 aliphatic heterocycles. The van der Waals surface area contributed by atoms with Crippen molar-refractivity contribution in [3.05, 3.63) is 60.2 Å². The lowest BCUT2D eigenvalue weighted by molar-refractivity contribution is -0.146. The maximum Gasteiger partial charge on any atom is 0.236 e. The second kappa shape index (κ2) is 5.74. The van der Waals surface area contributed by atoms with Crippen LogP contribution in [-0.2, 0) is 4.79 Å². The number of ether oxygens (including phenoxy) is 1. The van der Waals surface area contributed by atoms with Crippen molar-refractivity contribution >= 4 is 28.9 Å². The van der Waals surface area contributed by atoms with E-state index in [9.17, 15) is 4.79 Å². The standard InChI is InChI=1S/C19H19N3O2S/c1-19-15(17(23)20-12-8-4-3-5-9-12)16(21-18(25)22(19)2)13-10-6-7-11-14(13)24-19/h3-11,15-16H,1-2H3,(H,20,23)(H,21,25)/t15-,16-,19+/m1/s1. The highest BCUT2D eigenvalue weighted by Gasteiger charge is 2.57. The van der Waals surface area contributed by atoms with E-state index in [0.717, 1.165) is 17.0 Å². The molecule has 6 heteroatoms. The lowest BCUT2D eigenvalue weighted by Crippen LogP contribution is -2.70. The first-order valence-corrected chi connectivity index (χ1v) is 8.60. The summed E-state index contributed by atoms with van der Waals surface area (Å²) in [5.74, 6) is 0.218. The number of nitrogens with one attached hydrogen (secondary N) is 2. The molecule has 1 amide bonds. The van der Waals surface area contributed by atoms with Crippen LogP contribution in [-0.4, -0.2) is 28.7 Å². The van der Waals surface area contributed by atoms with Gasteiger partial charge in [0, 0.05) is 18.3 Å². The highest BCUT2D eigenvalue weighted by atomic mass is 32.1. The molecule has 128 valence electrons. The quantitative estimate of drug-likeness (QED) is 0.813. The van der Waals surface area contributed by atoms with Crippen LogP contribution in [0.1, 0.15) is 18.5 Å². The second-order valence-electron chi connectivity index (χ2n) is 6.51. The Morgan fingerprint density at radius 1 is 1.20 bits per heavy atom. The average Bonchev–Trinajstić information content (AvgIpc) is 2.60. The van der Waals surface area contributed by atoms with Crippen molar-refractivity contribution in [2.24, 2.45) is 5.92 Å². The molecule has 25 heavy (non-hydrogen) atoms. The van der Waals surface area contributed by atoms with Crippen molar-refractivity contribution in [3.63, 3.8) is 0 Å². The summed E-state index contributed by atoms with van der Waals surface area (Å²) in [7, 11) is 1.85. The SMILES string of the molecule is CN1C(=S)N[C@@H]2c3ccccc3O[C@@]1(C)[C@H]2C(=O)Nc1ccccc1. The van der Waals surface area contributed by atoms with Gasteiger partial charge in [-0.3, -0.25) is 4.79 Å². The Kier molecular flexibility index (Phi) is 3.65. The van der Waals surface area contributed by atoms with Gasteiger partial charge >= 0.3 is 0 Å². The summed E-state index contributed by atoms with van der Waals surface area (Å²) in [5.41, 5.74) is 0.849. The average molecular weight is 353 g/mol. The molecular weight excluding hydrogens is 334 g/mol. The minimum absolute atomic E-state index is 0.102. The van der Waals surface area contributed by atoms with Gasteiger partial charge in [-0.1, -0.05) is 36.4 Å². The zero-order valence-corrected chi connectivity index (χ0v) is 14.8. The predicted molar refractivity (Wildman–Crippen MR) is 100 cm³/mol. The molecule has 1 saturated heterocycles. The van der Waals surface area contributed by atoms with E-state index in [1.54, 1.807) is 0 Å². The number of benzene rings is 2. The fraction of sp³-hybridized carbons (Fsp3) is 0.263. The highest BCUT2D eigenvalue weighted by Crippen LogP contribution is 2.47. The predicted octanol–water partition coefficient (Wildman–Crippen LogP) is 2.91. The lowest BCUT2D eigenvalue weighted by Gasteiger charge is -2.54. The van der Waals surface area contributed by atoms with Gasteiger partial charge in [0.1, 0.15) is 11.7 Å². The van der Waals surface area contributed by atoms with Crippen LogP contribution in [0.25, 0.3) is 0 Å². The molecule has 0 aromatic heterocycles. The number of para-hydroxylation sites is 2. The maximum atomic E-state index is 13.1. The third-order valence-electron chi connectivity index (χ3n) is 5.05. The molecule has 2 bridgehead atoms. The number of hydrogen-bond donors (Lipinski definition) is 2. The second-order valence-corrected chi connectivity index (χ2v) is 6.90. The van der Waals surface area contributed by atoms with Gasteiger partial charge in [0.05, 0.1) is 6.04 Å². The van der Waals surface area contributed by atoms with E-state index in [0.29, 0.717) is 5.11 Å². The number of hydrogen-bond acceptors (Lipinski definition) is 3. The van der Waals surface area contributed by atoms with Crippen LogP contribution in [0.4, 0.5) is 5.69 Å². The number of carbonyl (C=O) groups excluding carboxylic acids is 1. The summed E-state index contributed by atoms with van der Waals surface area (Å²) in [5, 5.41) is 6.89. The molecule has 1 fully saturated rings. The molecule has 4 rings (SSSR count). The van der Waals surface area contributed by atoms with Crippen molar-refractivity contribution < 1.29 is 9.53 Å². The first-order valence-electron chi connectivity index (χ1n) is 8.19. The van der Waals surface area contributed by atoms with E-state index in [1.165, 1.54) is 0 Å². The fourth-order valence-electron chi connectivity index (χ4n) is 3.61. The Bertz CT molecular complexity index is 842. The van der Waals surface area contributed by atoms with E-state index >= 15 is 0 Å². The lowest BCUT2D eigenvalue weighted by atomic mass is 9.79. The van der Waals surface area contributed by atoms with Crippen LogP contribution in [0.2, 0.25) is 0 Å². The zero-order valence-electron chi connectivity index (χ0n) is 14.0. The smallest absolute Gasteiger partial charge is 0.236 e. The Labute approximate surface area is 152 Å². The first kappa shape index (κ1) is 15.9. The molecule has 0 spiro atoms. The van der Waals surface area contributed by atoms with Crippen LogP contribution >= 0.6 is 12.2 Å². The molecular formula is C19H19N3O2S. The van der Waals surface area contributed by atoms with Gasteiger partial charge in [-0.05, 0) is 37.3 Å². The van der Waals surface area contributed by atoms with Crippen LogP contribution in [0, 0.1) is 5.92 Å². The van der Waals surface area contributed by atoms with Gasteiger partial charge in [-0.15, -0.1) is 0 Å². The van der Waals surface area contributed by atoms with Gasteiger partial charge in [0.15, 0.2) is 10.8 Å². The van der Waals surface area contributed by atoms with Crippen molar-refractivity contribution in [1.82, 2.24) is 10.2 Å². The Balaban J connectivity index is 1.76. The molecule has 2 heterocycles. The van der Waals surface area contributed by atoms with Crippen molar-refractivity contribution in [3.8, 4) is 5.75 Å². The Morgan fingerprint density at radius 2 is 1.88 bits per heavy atom. The third-order valence-corrected chi connectivity index (χ3v) is 5.45. The third kappa shape index (κ3) is 2.44. The van der Waals surface area contributed by atoms with E-state index in [-0.39, 0.29) is 11.9 Å². The summed E-state index contributed by atoms with van der Waals surface area (Å²) in [6.07, 6.45) is 0. The van der Waals surface area contributed by atoms with Crippen LogP contribution in [0.3, 0.4) is 0 Å². The van der Waals surface area contributed by atoms with Crippen LogP contribution in [0.15, 0.2) is 54.6 Å².